The SMILES string of the molecule is O=C1COC2CN(Cc3c[nH]c4ccccc34)CC2N1Cc1ccc(F)cc1. The van der Waals surface area contributed by atoms with Gasteiger partial charge >= 0.3 is 0 Å². The number of ether oxygens (including phenoxy) is 1. The average molecular weight is 379 g/mol. The Morgan fingerprint density at radius 3 is 2.75 bits per heavy atom. The van der Waals surface area contributed by atoms with Crippen molar-refractivity contribution in [1.82, 2.24) is 14.8 Å². The third-order valence-electron chi connectivity index (χ3n) is 5.79. The zero-order valence-corrected chi connectivity index (χ0v) is 15.5. The molecule has 2 aliphatic heterocycles. The number of morpholine rings is 1. The maximum atomic E-state index is 13.2. The molecule has 2 atom stereocenters. The first-order chi connectivity index (χ1) is 13.7. The van der Waals surface area contributed by atoms with E-state index in [1.54, 1.807) is 12.1 Å². The third-order valence-corrected chi connectivity index (χ3v) is 5.79. The number of benzene rings is 2. The van der Waals surface area contributed by atoms with E-state index in [0.717, 1.165) is 30.7 Å². The van der Waals surface area contributed by atoms with Crippen LogP contribution in [0, 0.1) is 5.82 Å². The van der Waals surface area contributed by atoms with Crippen molar-refractivity contribution in [1.29, 1.82) is 0 Å². The van der Waals surface area contributed by atoms with Gasteiger partial charge in [0.1, 0.15) is 12.4 Å². The second-order valence-corrected chi connectivity index (χ2v) is 7.62. The Balaban J connectivity index is 1.32. The minimum Gasteiger partial charge on any atom is -0.365 e. The Hall–Kier alpha value is -2.70. The second kappa shape index (κ2) is 7.04. The Morgan fingerprint density at radius 2 is 1.89 bits per heavy atom. The summed E-state index contributed by atoms with van der Waals surface area (Å²) in [6.07, 6.45) is 2.08. The monoisotopic (exact) mass is 379 g/mol. The summed E-state index contributed by atoms with van der Waals surface area (Å²) in [5.74, 6) is -0.264. The topological polar surface area (TPSA) is 48.6 Å². The highest BCUT2D eigenvalue weighted by atomic mass is 19.1. The number of aromatic amines is 1. The van der Waals surface area contributed by atoms with E-state index in [9.17, 15) is 9.18 Å². The Labute approximate surface area is 162 Å². The van der Waals surface area contributed by atoms with Gasteiger partial charge in [0.2, 0.25) is 5.91 Å². The van der Waals surface area contributed by atoms with E-state index >= 15 is 0 Å². The number of H-pyrrole nitrogens is 1. The largest absolute Gasteiger partial charge is 0.365 e. The highest BCUT2D eigenvalue weighted by Gasteiger charge is 2.43. The molecule has 144 valence electrons. The molecule has 2 aromatic carbocycles. The molecule has 0 radical (unpaired) electrons. The Bertz CT molecular complexity index is 1000. The van der Waals surface area contributed by atoms with Gasteiger partial charge in [-0.1, -0.05) is 30.3 Å². The fraction of sp³-hybridized carbons (Fsp3) is 0.318. The van der Waals surface area contributed by atoms with Gasteiger partial charge in [-0.05, 0) is 29.3 Å². The van der Waals surface area contributed by atoms with Crippen LogP contribution in [-0.4, -0.2) is 52.5 Å². The number of carbonyl (C=O) groups excluding carboxylic acids is 1. The van der Waals surface area contributed by atoms with Crippen molar-refractivity contribution in [3.05, 3.63) is 71.7 Å². The van der Waals surface area contributed by atoms with Gasteiger partial charge in [-0.15, -0.1) is 0 Å². The molecule has 2 fully saturated rings. The fourth-order valence-corrected chi connectivity index (χ4v) is 4.37. The first-order valence-electron chi connectivity index (χ1n) is 9.60. The van der Waals surface area contributed by atoms with E-state index in [0.29, 0.717) is 6.54 Å². The van der Waals surface area contributed by atoms with Gasteiger partial charge in [-0.2, -0.15) is 0 Å². The van der Waals surface area contributed by atoms with Gasteiger partial charge in [-0.25, -0.2) is 4.39 Å². The van der Waals surface area contributed by atoms with Crippen LogP contribution in [0.2, 0.25) is 0 Å². The number of aromatic nitrogens is 1. The number of likely N-dealkylation sites (tertiary alicyclic amines) is 1. The van der Waals surface area contributed by atoms with Gasteiger partial charge in [0.05, 0.1) is 12.1 Å². The first-order valence-corrected chi connectivity index (χ1v) is 9.60. The molecule has 28 heavy (non-hydrogen) atoms. The fourth-order valence-electron chi connectivity index (χ4n) is 4.37. The summed E-state index contributed by atoms with van der Waals surface area (Å²) in [5.41, 5.74) is 3.33. The van der Waals surface area contributed by atoms with E-state index in [1.165, 1.54) is 23.1 Å². The van der Waals surface area contributed by atoms with Crippen molar-refractivity contribution in [2.24, 2.45) is 0 Å². The van der Waals surface area contributed by atoms with Crippen molar-refractivity contribution >= 4 is 16.8 Å². The van der Waals surface area contributed by atoms with Crippen LogP contribution in [0.3, 0.4) is 0 Å². The molecule has 2 unspecified atom stereocenters. The number of fused-ring (bicyclic) bond motifs is 2. The second-order valence-electron chi connectivity index (χ2n) is 7.62. The highest BCUT2D eigenvalue weighted by Crippen LogP contribution is 2.28. The number of nitrogens with zero attached hydrogens (tertiary/aromatic N) is 2. The number of nitrogens with one attached hydrogen (secondary N) is 1. The lowest BCUT2D eigenvalue weighted by atomic mass is 10.1. The molecule has 5 nitrogen and oxygen atoms in total. The van der Waals surface area contributed by atoms with Crippen molar-refractivity contribution in [3.63, 3.8) is 0 Å². The molecule has 2 aliphatic rings. The predicted molar refractivity (Wildman–Crippen MR) is 104 cm³/mol. The van der Waals surface area contributed by atoms with E-state index in [1.807, 2.05) is 11.0 Å². The molecule has 2 saturated heterocycles. The molecule has 6 heteroatoms. The lowest BCUT2D eigenvalue weighted by molar-refractivity contribution is -0.153. The number of rotatable bonds is 4. The van der Waals surface area contributed by atoms with Gasteiger partial charge in [0, 0.05) is 43.3 Å². The average Bonchev–Trinajstić information content (AvgIpc) is 3.30. The molecule has 1 N–H and O–H groups in total. The Kier molecular flexibility index (Phi) is 4.37. The van der Waals surface area contributed by atoms with Crippen LogP contribution in [0.1, 0.15) is 11.1 Å². The number of hydrogen-bond donors (Lipinski definition) is 1. The van der Waals surface area contributed by atoms with Crippen molar-refractivity contribution in [2.75, 3.05) is 19.7 Å². The summed E-state index contributed by atoms with van der Waals surface area (Å²) < 4.78 is 19.0. The lowest BCUT2D eigenvalue weighted by Gasteiger charge is -2.36. The smallest absolute Gasteiger partial charge is 0.249 e. The molecule has 5 rings (SSSR count). The molecule has 1 amide bonds. The van der Waals surface area contributed by atoms with Crippen LogP contribution < -0.4 is 0 Å². The van der Waals surface area contributed by atoms with Gasteiger partial charge in [-0.3, -0.25) is 9.69 Å². The van der Waals surface area contributed by atoms with Crippen LogP contribution >= 0.6 is 0 Å². The molecule has 3 aromatic rings. The molecule has 0 bridgehead atoms. The molecule has 3 heterocycles. The minimum absolute atomic E-state index is 0.000445. The highest BCUT2D eigenvalue weighted by molar-refractivity contribution is 5.83. The summed E-state index contributed by atoms with van der Waals surface area (Å²) in [6, 6.07) is 14.7. The number of amides is 1. The molecular formula is C22H22FN3O2. The van der Waals surface area contributed by atoms with Gasteiger partial charge in [0.25, 0.3) is 0 Å². The number of hydrogen-bond acceptors (Lipinski definition) is 3. The van der Waals surface area contributed by atoms with Gasteiger partial charge in [0.15, 0.2) is 0 Å². The molecular weight excluding hydrogens is 357 g/mol. The van der Waals surface area contributed by atoms with Crippen LogP contribution in [0.25, 0.3) is 10.9 Å². The summed E-state index contributed by atoms with van der Waals surface area (Å²) in [7, 11) is 0. The quantitative estimate of drug-likeness (QED) is 0.758. The maximum absolute atomic E-state index is 13.2. The van der Waals surface area contributed by atoms with E-state index in [2.05, 4.69) is 34.3 Å². The maximum Gasteiger partial charge on any atom is 0.249 e. The normalized spacial score (nSPS) is 22.8. The van der Waals surface area contributed by atoms with Crippen molar-refractivity contribution in [3.8, 4) is 0 Å². The van der Waals surface area contributed by atoms with E-state index in [-0.39, 0.29) is 30.5 Å². The summed E-state index contributed by atoms with van der Waals surface area (Å²) in [6.45, 7) is 3.00. The number of carbonyl (C=O) groups is 1. The van der Waals surface area contributed by atoms with Crippen molar-refractivity contribution in [2.45, 2.75) is 25.2 Å². The minimum atomic E-state index is -0.263. The number of para-hydroxylation sites is 1. The summed E-state index contributed by atoms with van der Waals surface area (Å²) in [5, 5.41) is 1.23. The van der Waals surface area contributed by atoms with E-state index < -0.39 is 0 Å². The summed E-state index contributed by atoms with van der Waals surface area (Å²) >= 11 is 0. The zero-order valence-electron chi connectivity index (χ0n) is 15.5. The molecule has 0 aliphatic carbocycles. The Morgan fingerprint density at radius 1 is 1.07 bits per heavy atom. The lowest BCUT2D eigenvalue weighted by Crippen LogP contribution is -2.53. The van der Waals surface area contributed by atoms with Crippen molar-refractivity contribution < 1.29 is 13.9 Å². The van der Waals surface area contributed by atoms with Crippen LogP contribution in [0.4, 0.5) is 4.39 Å². The molecule has 0 saturated carbocycles. The van der Waals surface area contributed by atoms with Crippen LogP contribution in [0.15, 0.2) is 54.7 Å². The third kappa shape index (κ3) is 3.19. The molecule has 0 spiro atoms. The first kappa shape index (κ1) is 17.4. The zero-order chi connectivity index (χ0) is 19.1. The molecule has 1 aromatic heterocycles. The van der Waals surface area contributed by atoms with Gasteiger partial charge < -0.3 is 14.6 Å². The van der Waals surface area contributed by atoms with Crippen LogP contribution in [0.5, 0.6) is 0 Å². The van der Waals surface area contributed by atoms with E-state index in [4.69, 9.17) is 4.74 Å². The standard InChI is InChI=1S/C22H22FN3O2/c23-17-7-5-15(6-8-17)10-26-20-12-25(13-21(20)28-14-22(26)27)11-16-9-24-19-4-2-1-3-18(16)19/h1-9,20-21,24H,10-14H2. The summed E-state index contributed by atoms with van der Waals surface area (Å²) in [4.78, 5) is 20.1. The number of halogens is 1. The van der Waals surface area contributed by atoms with Crippen LogP contribution in [-0.2, 0) is 22.6 Å². The predicted octanol–water partition coefficient (Wildman–Crippen LogP) is 2.92.